The van der Waals surface area contributed by atoms with Gasteiger partial charge in [-0.1, -0.05) is 112 Å². The molecule has 2 atom stereocenters. The Balaban J connectivity index is 1.09. The highest BCUT2D eigenvalue weighted by molar-refractivity contribution is 6.42. The predicted molar refractivity (Wildman–Crippen MR) is 235 cm³/mol. The van der Waals surface area contributed by atoms with Crippen molar-refractivity contribution in [3.05, 3.63) is 131 Å². The van der Waals surface area contributed by atoms with E-state index in [4.69, 9.17) is 0 Å². The number of aliphatic hydroxyl groups excluding tert-OH is 2. The van der Waals surface area contributed by atoms with Gasteiger partial charge in [-0.15, -0.1) is 0 Å². The van der Waals surface area contributed by atoms with Gasteiger partial charge in [0.2, 0.25) is 11.4 Å². The topological polar surface area (TPSA) is 80.6 Å². The number of unbranched alkanes of at least 4 members (excludes halogenated alkanes) is 2. The van der Waals surface area contributed by atoms with Crippen LogP contribution in [0.15, 0.2) is 109 Å². The van der Waals surface area contributed by atoms with Gasteiger partial charge in [0.1, 0.15) is 24.6 Å². The van der Waals surface area contributed by atoms with E-state index in [9.17, 15) is 19.8 Å². The predicted octanol–water partition coefficient (Wildman–Crippen LogP) is 11.3. The number of carbonyl (C=O) groups excluding carboxylic acids is 2. The lowest BCUT2D eigenvalue weighted by atomic mass is 9.67. The van der Waals surface area contributed by atoms with Crippen LogP contribution in [0.1, 0.15) is 89.5 Å². The van der Waals surface area contributed by atoms with Crippen molar-refractivity contribution in [3.8, 4) is 0 Å². The number of hydrogen-bond donors (Lipinski definition) is 2. The molecule has 2 unspecified atom stereocenters. The van der Waals surface area contributed by atoms with Crippen LogP contribution in [-0.2, 0) is 20.4 Å². The minimum Gasteiger partial charge on any atom is -0.510 e. The molecule has 0 amide bonds. The number of ketones is 2. The minimum absolute atomic E-state index is 0.0609. The number of allylic oxidation sites excluding steroid dienone is 4. The fourth-order valence-corrected chi connectivity index (χ4v) is 11.0. The van der Waals surface area contributed by atoms with Gasteiger partial charge in [0.05, 0.1) is 22.0 Å². The summed E-state index contributed by atoms with van der Waals surface area (Å²) < 4.78 is 4.56. The maximum absolute atomic E-state index is 14.5. The molecule has 0 radical (unpaired) electrons. The Bertz CT molecular complexity index is 2740. The first-order chi connectivity index (χ1) is 27.9. The number of para-hydroxylation sites is 2. The van der Waals surface area contributed by atoms with Crippen LogP contribution in [0.2, 0.25) is 0 Å². The van der Waals surface area contributed by atoms with Crippen LogP contribution >= 0.6 is 0 Å². The number of rotatable bonds is 10. The molecule has 2 aliphatic carbocycles. The summed E-state index contributed by atoms with van der Waals surface area (Å²) >= 11 is 0. The van der Waals surface area contributed by atoms with Gasteiger partial charge in [0.15, 0.2) is 34.8 Å². The van der Waals surface area contributed by atoms with E-state index in [0.717, 1.165) is 93.9 Å². The first-order valence-electron chi connectivity index (χ1n) is 21.1. The molecule has 290 valence electrons. The third kappa shape index (κ3) is 4.72. The number of carbonyl (C=O) groups is 2. The summed E-state index contributed by atoms with van der Waals surface area (Å²) in [6.07, 6.45) is 4.01. The molecule has 58 heavy (non-hydrogen) atoms. The van der Waals surface area contributed by atoms with Gasteiger partial charge in [-0.25, -0.2) is 0 Å². The van der Waals surface area contributed by atoms with E-state index in [-0.39, 0.29) is 23.1 Å². The van der Waals surface area contributed by atoms with Crippen LogP contribution in [-0.4, -0.2) is 55.4 Å². The zero-order valence-electron chi connectivity index (χ0n) is 34.2. The van der Waals surface area contributed by atoms with Crippen LogP contribution in [0.25, 0.3) is 43.5 Å². The van der Waals surface area contributed by atoms with Crippen molar-refractivity contribution in [1.82, 2.24) is 0 Å². The Morgan fingerprint density at radius 1 is 0.534 bits per heavy atom. The fraction of sp³-hybridized carbons (Fsp3) is 0.308. The van der Waals surface area contributed by atoms with Gasteiger partial charge >= 0.3 is 0 Å². The van der Waals surface area contributed by atoms with Crippen LogP contribution in [0.3, 0.4) is 0 Å². The molecule has 0 spiro atoms. The van der Waals surface area contributed by atoms with Crippen LogP contribution in [0.5, 0.6) is 0 Å². The second-order valence-corrected chi connectivity index (χ2v) is 17.8. The third-order valence-electron chi connectivity index (χ3n) is 13.9. The molecule has 0 aromatic heterocycles. The van der Waals surface area contributed by atoms with E-state index in [2.05, 4.69) is 111 Å². The van der Waals surface area contributed by atoms with E-state index in [1.165, 1.54) is 11.1 Å². The largest absolute Gasteiger partial charge is 0.510 e. The lowest BCUT2D eigenvalue weighted by molar-refractivity contribution is -0.441. The van der Waals surface area contributed by atoms with Gasteiger partial charge in [-0.05, 0) is 71.1 Å². The summed E-state index contributed by atoms with van der Waals surface area (Å²) in [4.78, 5) is 29.1. The van der Waals surface area contributed by atoms with Gasteiger partial charge in [-0.3, -0.25) is 9.59 Å². The lowest BCUT2D eigenvalue weighted by Crippen LogP contribution is -2.46. The second-order valence-electron chi connectivity index (χ2n) is 17.8. The first-order valence-corrected chi connectivity index (χ1v) is 21.1. The van der Waals surface area contributed by atoms with Crippen molar-refractivity contribution in [1.29, 1.82) is 0 Å². The Kier molecular flexibility index (Phi) is 8.05. The molecule has 0 bridgehead atoms. The van der Waals surface area contributed by atoms with Crippen LogP contribution in [0.4, 0.5) is 11.4 Å². The molecule has 2 aliphatic heterocycles. The van der Waals surface area contributed by atoms with Crippen molar-refractivity contribution in [3.63, 3.8) is 0 Å². The van der Waals surface area contributed by atoms with Gasteiger partial charge < -0.3 is 10.2 Å². The SMILES string of the molecule is CCCC[N+]1=C(C2C(=O)C(c3ccc4ccc5c(C6=C(O)C(C7=[N+](CCCC)c8ccccc8C7(C)C)C6=O)ccc6ccc3c4c65)=C2O)C(C)(C)c2ccccc21. The standard InChI is InChI=1S/C52H48N2O4/c1-7-9-27-53-37-17-13-11-15-35(37)51(3,4)49(53)43-45(55)41(46(43)56)33-25-21-29-20-24-32-34(26-22-30-19-23-31(33)39(29)40(30)32)42-47(57)44(48(42)58)50-52(5,6)36-16-12-14-18-38(36)54(50)28-10-8-2/h11-26,43-44H,7-10,27-28H2,1-6H3/p+2. The molecule has 2 heterocycles. The van der Waals surface area contributed by atoms with E-state index < -0.39 is 22.7 Å². The molecular formula is C52H50N2O4+2. The maximum Gasteiger partial charge on any atom is 0.209 e. The highest BCUT2D eigenvalue weighted by atomic mass is 16.3. The smallest absolute Gasteiger partial charge is 0.209 e. The normalized spacial score (nSPS) is 20.9. The molecule has 2 N–H and O–H groups in total. The number of benzene rings is 6. The van der Waals surface area contributed by atoms with E-state index in [1.807, 2.05) is 36.4 Å². The number of fused-ring (bicyclic) bond motifs is 2. The Morgan fingerprint density at radius 3 is 1.29 bits per heavy atom. The summed E-state index contributed by atoms with van der Waals surface area (Å²) in [7, 11) is 0. The van der Waals surface area contributed by atoms with Crippen molar-refractivity contribution < 1.29 is 29.0 Å². The molecule has 10 rings (SSSR count). The highest BCUT2D eigenvalue weighted by Crippen LogP contribution is 2.52. The van der Waals surface area contributed by atoms with E-state index >= 15 is 0 Å². The number of nitrogens with zero attached hydrogens (tertiary/aromatic N) is 2. The number of aliphatic hydroxyl groups is 2. The molecule has 6 heteroatoms. The van der Waals surface area contributed by atoms with E-state index in [1.54, 1.807) is 0 Å². The second kappa shape index (κ2) is 12.8. The van der Waals surface area contributed by atoms with Crippen molar-refractivity contribution in [2.45, 2.75) is 78.1 Å². The van der Waals surface area contributed by atoms with E-state index in [0.29, 0.717) is 22.3 Å². The highest BCUT2D eigenvalue weighted by Gasteiger charge is 2.59. The summed E-state index contributed by atoms with van der Waals surface area (Å²) in [5.41, 5.74) is 7.81. The summed E-state index contributed by atoms with van der Waals surface area (Å²) in [5, 5.41) is 29.8. The lowest BCUT2D eigenvalue weighted by Gasteiger charge is -2.32. The molecule has 0 saturated carbocycles. The third-order valence-corrected chi connectivity index (χ3v) is 13.9. The average molecular weight is 767 g/mol. The number of hydrogen-bond acceptors (Lipinski definition) is 4. The molecule has 0 saturated heterocycles. The minimum atomic E-state index is -0.708. The van der Waals surface area contributed by atoms with Crippen molar-refractivity contribution in [2.24, 2.45) is 11.8 Å². The van der Waals surface area contributed by atoms with Crippen LogP contribution < -0.4 is 0 Å². The Labute approximate surface area is 339 Å². The molecule has 6 aromatic rings. The van der Waals surface area contributed by atoms with Gasteiger partial charge in [-0.2, -0.15) is 9.15 Å². The molecule has 6 nitrogen and oxygen atoms in total. The summed E-state index contributed by atoms with van der Waals surface area (Å²) in [5.74, 6) is -1.28. The monoisotopic (exact) mass is 766 g/mol. The first kappa shape index (κ1) is 36.5. The molecular weight excluding hydrogens is 717 g/mol. The van der Waals surface area contributed by atoms with Crippen LogP contribution in [0, 0.1) is 11.8 Å². The van der Waals surface area contributed by atoms with Gasteiger partial charge in [0.25, 0.3) is 0 Å². The van der Waals surface area contributed by atoms with Crippen molar-refractivity contribution in [2.75, 3.05) is 13.1 Å². The fourth-order valence-electron chi connectivity index (χ4n) is 11.0. The average Bonchev–Trinajstić information content (AvgIpc) is 3.57. The summed E-state index contributed by atoms with van der Waals surface area (Å²) in [6, 6.07) is 33.0. The van der Waals surface area contributed by atoms with Crippen molar-refractivity contribution >= 4 is 77.8 Å². The molecule has 0 fully saturated rings. The Hall–Kier alpha value is -5.88. The number of Topliss-reactive ketones (excluding diaryl/α,β-unsaturated/α-hetero) is 2. The maximum atomic E-state index is 14.5. The molecule has 4 aliphatic rings. The zero-order valence-corrected chi connectivity index (χ0v) is 34.2. The quantitative estimate of drug-likeness (QED) is 0.107. The van der Waals surface area contributed by atoms with Gasteiger partial charge in [0, 0.05) is 36.1 Å². The Morgan fingerprint density at radius 2 is 0.914 bits per heavy atom. The molecule has 6 aromatic carbocycles. The summed E-state index contributed by atoms with van der Waals surface area (Å²) in [6.45, 7) is 14.6. The zero-order chi connectivity index (χ0) is 40.4.